The molecule has 0 saturated carbocycles. The molecule has 0 unspecified atom stereocenters. The van der Waals surface area contributed by atoms with E-state index in [1.54, 1.807) is 36.5 Å². The first-order valence-electron chi connectivity index (χ1n) is 6.14. The van der Waals surface area contributed by atoms with E-state index in [1.807, 2.05) is 19.1 Å². The molecule has 5 nitrogen and oxygen atoms in total. The largest absolute Gasteiger partial charge is 0.376 e. The molecule has 20 heavy (non-hydrogen) atoms. The second-order valence-electron chi connectivity index (χ2n) is 4.31. The molecular weight excluding hydrogens is 252 g/mol. The SMILES string of the molecule is Cc1ccc(NC(=O)CNc2ccc(C#N)cc2)nc1. The van der Waals surface area contributed by atoms with E-state index in [0.29, 0.717) is 11.4 Å². The number of aryl methyl sites for hydroxylation is 1. The summed E-state index contributed by atoms with van der Waals surface area (Å²) in [4.78, 5) is 15.8. The number of carbonyl (C=O) groups is 1. The van der Waals surface area contributed by atoms with E-state index < -0.39 is 0 Å². The Morgan fingerprint density at radius 2 is 2.00 bits per heavy atom. The maximum atomic E-state index is 11.7. The maximum absolute atomic E-state index is 11.7. The molecule has 0 spiro atoms. The zero-order valence-corrected chi connectivity index (χ0v) is 11.1. The van der Waals surface area contributed by atoms with Gasteiger partial charge in [-0.1, -0.05) is 6.07 Å². The Hall–Kier alpha value is -2.87. The highest BCUT2D eigenvalue weighted by Crippen LogP contribution is 2.08. The summed E-state index contributed by atoms with van der Waals surface area (Å²) in [7, 11) is 0. The van der Waals surface area contributed by atoms with Crippen LogP contribution in [0.3, 0.4) is 0 Å². The number of aromatic nitrogens is 1. The first-order chi connectivity index (χ1) is 9.67. The number of nitrogens with zero attached hydrogens (tertiary/aromatic N) is 2. The van der Waals surface area contributed by atoms with Gasteiger partial charge in [-0.2, -0.15) is 5.26 Å². The summed E-state index contributed by atoms with van der Waals surface area (Å²) in [6, 6.07) is 12.6. The van der Waals surface area contributed by atoms with E-state index in [1.165, 1.54) is 0 Å². The van der Waals surface area contributed by atoms with Crippen molar-refractivity contribution in [2.45, 2.75) is 6.92 Å². The fourth-order valence-corrected chi connectivity index (χ4v) is 1.57. The van der Waals surface area contributed by atoms with Gasteiger partial charge in [-0.05, 0) is 42.8 Å². The third-order valence-corrected chi connectivity index (χ3v) is 2.65. The van der Waals surface area contributed by atoms with E-state index in [2.05, 4.69) is 15.6 Å². The molecule has 0 aliphatic rings. The molecule has 2 rings (SSSR count). The van der Waals surface area contributed by atoms with Gasteiger partial charge in [0.2, 0.25) is 5.91 Å². The number of hydrogen-bond acceptors (Lipinski definition) is 4. The highest BCUT2D eigenvalue weighted by molar-refractivity contribution is 5.92. The molecule has 1 aromatic carbocycles. The number of nitriles is 1. The summed E-state index contributed by atoms with van der Waals surface area (Å²) >= 11 is 0. The van der Waals surface area contributed by atoms with Gasteiger partial charge in [0, 0.05) is 11.9 Å². The van der Waals surface area contributed by atoms with Crippen molar-refractivity contribution in [3.8, 4) is 6.07 Å². The minimum Gasteiger partial charge on any atom is -0.376 e. The third kappa shape index (κ3) is 3.82. The van der Waals surface area contributed by atoms with Gasteiger partial charge in [0.05, 0.1) is 18.2 Å². The van der Waals surface area contributed by atoms with Crippen LogP contribution in [0.15, 0.2) is 42.6 Å². The van der Waals surface area contributed by atoms with Crippen LogP contribution in [0.5, 0.6) is 0 Å². The molecule has 0 aliphatic heterocycles. The predicted molar refractivity (Wildman–Crippen MR) is 77.3 cm³/mol. The van der Waals surface area contributed by atoms with Crippen molar-refractivity contribution in [2.24, 2.45) is 0 Å². The molecule has 2 N–H and O–H groups in total. The summed E-state index contributed by atoms with van der Waals surface area (Å²) in [5, 5.41) is 14.4. The lowest BCUT2D eigenvalue weighted by Crippen LogP contribution is -2.22. The van der Waals surface area contributed by atoms with Crippen molar-refractivity contribution < 1.29 is 4.79 Å². The molecule has 1 amide bonds. The van der Waals surface area contributed by atoms with Crippen LogP contribution in [0.4, 0.5) is 11.5 Å². The molecular formula is C15H14N4O. The molecule has 1 aromatic heterocycles. The highest BCUT2D eigenvalue weighted by Gasteiger charge is 2.03. The van der Waals surface area contributed by atoms with Crippen molar-refractivity contribution in [1.29, 1.82) is 5.26 Å². The Labute approximate surface area is 117 Å². The maximum Gasteiger partial charge on any atom is 0.244 e. The normalized spacial score (nSPS) is 9.60. The second kappa shape index (κ2) is 6.34. The lowest BCUT2D eigenvalue weighted by molar-refractivity contribution is -0.114. The van der Waals surface area contributed by atoms with E-state index in [-0.39, 0.29) is 12.5 Å². The Kier molecular flexibility index (Phi) is 4.30. The van der Waals surface area contributed by atoms with Crippen LogP contribution in [0.1, 0.15) is 11.1 Å². The quantitative estimate of drug-likeness (QED) is 0.890. The van der Waals surface area contributed by atoms with E-state index in [9.17, 15) is 4.79 Å². The van der Waals surface area contributed by atoms with Crippen LogP contribution in [0, 0.1) is 18.3 Å². The van der Waals surface area contributed by atoms with Crippen LogP contribution in [0.2, 0.25) is 0 Å². The van der Waals surface area contributed by atoms with Gasteiger partial charge in [-0.3, -0.25) is 4.79 Å². The van der Waals surface area contributed by atoms with E-state index >= 15 is 0 Å². The van der Waals surface area contributed by atoms with Gasteiger partial charge in [-0.25, -0.2) is 4.98 Å². The average molecular weight is 266 g/mol. The number of amides is 1. The number of pyridine rings is 1. The van der Waals surface area contributed by atoms with Crippen molar-refractivity contribution in [2.75, 3.05) is 17.2 Å². The summed E-state index contributed by atoms with van der Waals surface area (Å²) in [6.07, 6.45) is 1.70. The molecule has 100 valence electrons. The molecule has 0 saturated heterocycles. The van der Waals surface area contributed by atoms with E-state index in [0.717, 1.165) is 11.3 Å². The Morgan fingerprint density at radius 3 is 2.60 bits per heavy atom. The van der Waals surface area contributed by atoms with Crippen LogP contribution < -0.4 is 10.6 Å². The Balaban J connectivity index is 1.85. The summed E-state index contributed by atoms with van der Waals surface area (Å²) in [5.41, 5.74) is 2.42. The van der Waals surface area contributed by atoms with Crippen molar-refractivity contribution >= 4 is 17.4 Å². The summed E-state index contributed by atoms with van der Waals surface area (Å²) in [6.45, 7) is 2.08. The van der Waals surface area contributed by atoms with Gasteiger partial charge in [-0.15, -0.1) is 0 Å². The fraction of sp³-hybridized carbons (Fsp3) is 0.133. The zero-order valence-electron chi connectivity index (χ0n) is 11.1. The van der Waals surface area contributed by atoms with Gasteiger partial charge in [0.1, 0.15) is 5.82 Å². The number of rotatable bonds is 4. The van der Waals surface area contributed by atoms with Crippen LogP contribution in [-0.2, 0) is 4.79 Å². The number of hydrogen-bond donors (Lipinski definition) is 2. The van der Waals surface area contributed by atoms with Crippen molar-refractivity contribution in [3.63, 3.8) is 0 Å². The van der Waals surface area contributed by atoms with Crippen LogP contribution in [0.25, 0.3) is 0 Å². The number of carbonyl (C=O) groups excluding carboxylic acids is 1. The van der Waals surface area contributed by atoms with Gasteiger partial charge in [0.25, 0.3) is 0 Å². The minimum absolute atomic E-state index is 0.140. The third-order valence-electron chi connectivity index (χ3n) is 2.65. The van der Waals surface area contributed by atoms with Crippen LogP contribution in [-0.4, -0.2) is 17.4 Å². The molecule has 0 radical (unpaired) electrons. The predicted octanol–water partition coefficient (Wildman–Crippen LogP) is 2.31. The lowest BCUT2D eigenvalue weighted by atomic mass is 10.2. The first kappa shape index (κ1) is 13.6. The van der Waals surface area contributed by atoms with Crippen LogP contribution >= 0.6 is 0 Å². The molecule has 0 aliphatic carbocycles. The molecule has 0 atom stereocenters. The number of benzene rings is 1. The fourth-order valence-electron chi connectivity index (χ4n) is 1.57. The van der Waals surface area contributed by atoms with E-state index in [4.69, 9.17) is 5.26 Å². The molecule has 5 heteroatoms. The topological polar surface area (TPSA) is 77.8 Å². The minimum atomic E-state index is -0.175. The monoisotopic (exact) mass is 266 g/mol. The average Bonchev–Trinajstić information content (AvgIpc) is 2.48. The Morgan fingerprint density at radius 1 is 1.25 bits per heavy atom. The number of nitrogens with one attached hydrogen (secondary N) is 2. The summed E-state index contributed by atoms with van der Waals surface area (Å²) < 4.78 is 0. The molecule has 0 fully saturated rings. The molecule has 1 heterocycles. The van der Waals surface area contributed by atoms with Gasteiger partial charge < -0.3 is 10.6 Å². The van der Waals surface area contributed by atoms with Gasteiger partial charge >= 0.3 is 0 Å². The van der Waals surface area contributed by atoms with Crippen molar-refractivity contribution in [1.82, 2.24) is 4.98 Å². The van der Waals surface area contributed by atoms with Gasteiger partial charge in [0.15, 0.2) is 0 Å². The zero-order chi connectivity index (χ0) is 14.4. The summed E-state index contributed by atoms with van der Waals surface area (Å²) in [5.74, 6) is 0.355. The highest BCUT2D eigenvalue weighted by atomic mass is 16.1. The standard InChI is InChI=1S/C15H14N4O/c1-11-2-7-14(18-9-11)19-15(20)10-17-13-5-3-12(8-16)4-6-13/h2-7,9,17H,10H2,1H3,(H,18,19,20). The molecule has 2 aromatic rings. The smallest absolute Gasteiger partial charge is 0.244 e. The van der Waals surface area contributed by atoms with Crippen molar-refractivity contribution in [3.05, 3.63) is 53.7 Å². The first-order valence-corrected chi connectivity index (χ1v) is 6.14. The lowest BCUT2D eigenvalue weighted by Gasteiger charge is -2.07. The molecule has 0 bridgehead atoms. The second-order valence-corrected chi connectivity index (χ2v) is 4.31. The Bertz CT molecular complexity index is 626. The number of anilines is 2.